The Morgan fingerprint density at radius 3 is 1.00 bits per heavy atom. The van der Waals surface area contributed by atoms with Crippen LogP contribution in [0.1, 0.15) is 252 Å². The number of hydrogen-bond donors (Lipinski definition) is 0. The predicted octanol–water partition coefficient (Wildman–Crippen LogP) is 16.9. The molecule has 6 nitrogen and oxygen atoms in total. The Hall–Kier alpha value is -2.89. The number of rotatable bonds is 46. The molecule has 0 rings (SSSR count). The summed E-state index contributed by atoms with van der Waals surface area (Å²) in [6.07, 6.45) is 60.8. The lowest BCUT2D eigenvalue weighted by atomic mass is 10.0. The van der Waals surface area contributed by atoms with Gasteiger partial charge in [-0.2, -0.15) is 0 Å². The fourth-order valence-corrected chi connectivity index (χ4v) is 7.22. The highest BCUT2D eigenvalue weighted by Gasteiger charge is 2.19. The van der Waals surface area contributed by atoms with Crippen LogP contribution in [0.3, 0.4) is 0 Å². The van der Waals surface area contributed by atoms with Crippen LogP contribution in [0.25, 0.3) is 0 Å². The highest BCUT2D eigenvalue weighted by atomic mass is 16.6. The first-order valence-electron chi connectivity index (χ1n) is 25.8. The van der Waals surface area contributed by atoms with Gasteiger partial charge in [-0.1, -0.05) is 248 Å². The molecule has 0 radical (unpaired) electrons. The molecule has 0 aliphatic carbocycles. The van der Waals surface area contributed by atoms with Crippen molar-refractivity contribution in [1.82, 2.24) is 0 Å². The molecular formula is C55H96O6. The standard InChI is InChI=1S/C55H96O6/c1-4-7-10-13-16-19-22-25-27-30-33-36-39-42-45-48-54(57)60-51-52(50-59-53(56)47-44-41-38-35-32-29-24-21-18-15-12-9-6-3)61-55(58)49-46-43-40-37-34-31-28-26-23-20-17-14-11-8-5-2/h7,10,16,19,25,27,33,36,42,45,52H,4-6,8-9,11-15,17-18,20-24,26,28-32,34-35,37-41,43-44,46-51H2,1-3H3/b10-7-,19-16-,27-25-,36-33-,45-42-. The summed E-state index contributed by atoms with van der Waals surface area (Å²) in [6, 6.07) is 0. The van der Waals surface area contributed by atoms with Crippen molar-refractivity contribution >= 4 is 17.9 Å². The average molecular weight is 853 g/mol. The topological polar surface area (TPSA) is 78.9 Å². The van der Waals surface area contributed by atoms with E-state index in [2.05, 4.69) is 69.4 Å². The van der Waals surface area contributed by atoms with Crippen LogP contribution in [0.2, 0.25) is 0 Å². The molecule has 0 aliphatic heterocycles. The molecule has 0 aliphatic rings. The Morgan fingerprint density at radius 2 is 0.639 bits per heavy atom. The van der Waals surface area contributed by atoms with Crippen molar-refractivity contribution in [3.05, 3.63) is 60.8 Å². The van der Waals surface area contributed by atoms with Crippen LogP contribution in [-0.2, 0) is 28.6 Å². The minimum Gasteiger partial charge on any atom is -0.462 e. The molecule has 61 heavy (non-hydrogen) atoms. The molecule has 0 aromatic carbocycles. The maximum atomic E-state index is 12.8. The Labute approximate surface area is 377 Å². The predicted molar refractivity (Wildman–Crippen MR) is 261 cm³/mol. The van der Waals surface area contributed by atoms with Crippen LogP contribution < -0.4 is 0 Å². The number of ether oxygens (including phenoxy) is 3. The second-order valence-corrected chi connectivity index (χ2v) is 17.1. The molecule has 0 saturated heterocycles. The van der Waals surface area contributed by atoms with Crippen molar-refractivity contribution in [3.8, 4) is 0 Å². The Morgan fingerprint density at radius 1 is 0.344 bits per heavy atom. The lowest BCUT2D eigenvalue weighted by Gasteiger charge is -2.18. The third-order valence-corrected chi connectivity index (χ3v) is 11.1. The fourth-order valence-electron chi connectivity index (χ4n) is 7.22. The monoisotopic (exact) mass is 853 g/mol. The third-order valence-electron chi connectivity index (χ3n) is 11.1. The molecule has 0 spiro atoms. The van der Waals surface area contributed by atoms with E-state index in [9.17, 15) is 14.4 Å². The molecule has 1 atom stereocenters. The van der Waals surface area contributed by atoms with Gasteiger partial charge < -0.3 is 14.2 Å². The summed E-state index contributed by atoms with van der Waals surface area (Å²) in [4.78, 5) is 37.9. The van der Waals surface area contributed by atoms with E-state index in [1.54, 1.807) is 6.08 Å². The zero-order valence-electron chi connectivity index (χ0n) is 40.2. The van der Waals surface area contributed by atoms with Crippen molar-refractivity contribution < 1.29 is 28.6 Å². The van der Waals surface area contributed by atoms with Crippen LogP contribution in [0, 0.1) is 0 Å². The first kappa shape index (κ1) is 58.1. The summed E-state index contributed by atoms with van der Waals surface area (Å²) in [5.41, 5.74) is 0. The van der Waals surface area contributed by atoms with Crippen LogP contribution in [0.15, 0.2) is 60.8 Å². The van der Waals surface area contributed by atoms with Gasteiger partial charge >= 0.3 is 17.9 Å². The number of carbonyl (C=O) groups excluding carboxylic acids is 3. The summed E-state index contributed by atoms with van der Waals surface area (Å²) in [5, 5.41) is 0. The first-order chi connectivity index (χ1) is 30.0. The Bertz CT molecular complexity index is 1120. The van der Waals surface area contributed by atoms with Crippen molar-refractivity contribution in [1.29, 1.82) is 0 Å². The van der Waals surface area contributed by atoms with Gasteiger partial charge in [-0.15, -0.1) is 0 Å². The smallest absolute Gasteiger partial charge is 0.309 e. The van der Waals surface area contributed by atoms with Crippen molar-refractivity contribution in [3.63, 3.8) is 0 Å². The molecule has 0 aromatic rings. The molecule has 0 N–H and O–H groups in total. The SMILES string of the molecule is CC/C=C\C/C=C\C/C=C\C/C=C\C/C=C\CC(=O)OCC(COC(=O)CCCCCCCCCCCCCCC)OC(=O)CCCCCCCCCCCCCCCCC. The molecule has 352 valence electrons. The van der Waals surface area contributed by atoms with E-state index in [0.717, 1.165) is 70.6 Å². The van der Waals surface area contributed by atoms with E-state index in [1.807, 2.05) is 6.08 Å². The molecule has 0 aromatic heterocycles. The van der Waals surface area contributed by atoms with Gasteiger partial charge in [0.1, 0.15) is 13.2 Å². The van der Waals surface area contributed by atoms with E-state index >= 15 is 0 Å². The average Bonchev–Trinajstić information content (AvgIpc) is 3.26. The second-order valence-electron chi connectivity index (χ2n) is 17.1. The van der Waals surface area contributed by atoms with Gasteiger partial charge in [-0.05, 0) is 44.9 Å². The van der Waals surface area contributed by atoms with E-state index in [1.165, 1.54) is 141 Å². The quantitative estimate of drug-likeness (QED) is 0.0263. The normalized spacial score (nSPS) is 12.5. The van der Waals surface area contributed by atoms with Crippen molar-refractivity contribution in [2.24, 2.45) is 0 Å². The zero-order valence-corrected chi connectivity index (χ0v) is 40.2. The van der Waals surface area contributed by atoms with E-state index in [4.69, 9.17) is 14.2 Å². The van der Waals surface area contributed by atoms with Crippen molar-refractivity contribution in [2.75, 3.05) is 13.2 Å². The number of carbonyl (C=O) groups is 3. The Balaban J connectivity index is 4.47. The van der Waals surface area contributed by atoms with E-state index in [-0.39, 0.29) is 31.6 Å². The molecule has 0 heterocycles. The number of esters is 3. The van der Waals surface area contributed by atoms with Gasteiger partial charge in [0.15, 0.2) is 6.10 Å². The lowest BCUT2D eigenvalue weighted by Crippen LogP contribution is -2.30. The van der Waals surface area contributed by atoms with Gasteiger partial charge in [0, 0.05) is 12.8 Å². The summed E-state index contributed by atoms with van der Waals surface area (Å²) >= 11 is 0. The third kappa shape index (κ3) is 48.0. The van der Waals surface area contributed by atoms with Crippen LogP contribution in [0.5, 0.6) is 0 Å². The van der Waals surface area contributed by atoms with Crippen molar-refractivity contribution in [2.45, 2.75) is 258 Å². The van der Waals surface area contributed by atoms with Gasteiger partial charge in [0.2, 0.25) is 0 Å². The van der Waals surface area contributed by atoms with E-state index in [0.29, 0.717) is 12.8 Å². The highest BCUT2D eigenvalue weighted by Crippen LogP contribution is 2.16. The minimum atomic E-state index is -0.809. The number of allylic oxidation sites excluding steroid dienone is 9. The molecule has 0 amide bonds. The number of unbranched alkanes of at least 4 members (excludes halogenated alkanes) is 26. The molecule has 6 heteroatoms. The van der Waals surface area contributed by atoms with Gasteiger partial charge in [0.25, 0.3) is 0 Å². The van der Waals surface area contributed by atoms with Crippen LogP contribution >= 0.6 is 0 Å². The number of hydrogen-bond acceptors (Lipinski definition) is 6. The largest absolute Gasteiger partial charge is 0.462 e. The zero-order chi connectivity index (χ0) is 44.4. The van der Waals surface area contributed by atoms with Crippen LogP contribution in [0.4, 0.5) is 0 Å². The lowest BCUT2D eigenvalue weighted by molar-refractivity contribution is -0.166. The Kier molecular flexibility index (Phi) is 47.4. The highest BCUT2D eigenvalue weighted by molar-refractivity contribution is 5.72. The summed E-state index contributed by atoms with van der Waals surface area (Å²) in [7, 11) is 0. The maximum Gasteiger partial charge on any atom is 0.309 e. The van der Waals surface area contributed by atoms with E-state index < -0.39 is 12.1 Å². The maximum absolute atomic E-state index is 12.8. The molecule has 0 fully saturated rings. The molecule has 0 bridgehead atoms. The first-order valence-corrected chi connectivity index (χ1v) is 25.8. The van der Waals surface area contributed by atoms with Gasteiger partial charge in [0.05, 0.1) is 6.42 Å². The fraction of sp³-hybridized carbons (Fsp3) is 0.764. The van der Waals surface area contributed by atoms with Gasteiger partial charge in [-0.25, -0.2) is 0 Å². The van der Waals surface area contributed by atoms with Gasteiger partial charge in [-0.3, -0.25) is 14.4 Å². The minimum absolute atomic E-state index is 0.100. The summed E-state index contributed by atoms with van der Waals surface area (Å²) < 4.78 is 16.7. The summed E-state index contributed by atoms with van der Waals surface area (Å²) in [6.45, 7) is 6.45. The second kappa shape index (κ2) is 49.8. The van der Waals surface area contributed by atoms with Crippen LogP contribution in [-0.4, -0.2) is 37.2 Å². The molecule has 0 saturated carbocycles. The molecular weight excluding hydrogens is 757 g/mol. The molecule has 1 unspecified atom stereocenters. The summed E-state index contributed by atoms with van der Waals surface area (Å²) in [5.74, 6) is -1.03.